The van der Waals surface area contributed by atoms with Gasteiger partial charge in [0.15, 0.2) is 11.2 Å². The molecular formula is C38H38O4S. The van der Waals surface area contributed by atoms with E-state index < -0.39 is 11.2 Å². The van der Waals surface area contributed by atoms with E-state index >= 15 is 0 Å². The average Bonchev–Trinajstić information content (AvgIpc) is 3.06. The number of hydrogen-bond donors (Lipinski definition) is 2. The third kappa shape index (κ3) is 5.95. The summed E-state index contributed by atoms with van der Waals surface area (Å²) in [6.07, 6.45) is 8.98. The molecule has 0 amide bonds. The molecule has 2 aliphatic carbocycles. The van der Waals surface area contributed by atoms with Crippen LogP contribution in [0.15, 0.2) is 102 Å². The zero-order valence-corrected chi connectivity index (χ0v) is 25.2. The first-order valence-electron chi connectivity index (χ1n) is 15.5. The Kier molecular flexibility index (Phi) is 8.58. The maximum Gasteiger partial charge on any atom is 0.195 e. The van der Waals surface area contributed by atoms with Gasteiger partial charge in [-0.25, -0.2) is 0 Å². The van der Waals surface area contributed by atoms with Crippen LogP contribution < -0.4 is 5.43 Å². The van der Waals surface area contributed by atoms with Gasteiger partial charge in [-0.2, -0.15) is 0 Å². The van der Waals surface area contributed by atoms with Crippen molar-refractivity contribution in [2.45, 2.75) is 75.4 Å². The van der Waals surface area contributed by atoms with Crippen LogP contribution in [0.25, 0.3) is 20.2 Å². The number of aliphatic hydroxyl groups is 2. The summed E-state index contributed by atoms with van der Waals surface area (Å²) in [4.78, 5) is 25.7. The summed E-state index contributed by atoms with van der Waals surface area (Å²) < 4.78 is 2.11. The molecule has 7 rings (SSSR count). The van der Waals surface area contributed by atoms with E-state index in [2.05, 4.69) is 0 Å². The molecule has 1 heterocycles. The molecule has 0 spiro atoms. The zero-order chi connectivity index (χ0) is 29.9. The summed E-state index contributed by atoms with van der Waals surface area (Å²) in [6.45, 7) is 0. The quantitative estimate of drug-likeness (QED) is 0.162. The van der Waals surface area contributed by atoms with Gasteiger partial charge in [0.05, 0.1) is 11.2 Å². The molecule has 2 saturated carbocycles. The van der Waals surface area contributed by atoms with Crippen LogP contribution >= 0.6 is 11.3 Å². The highest BCUT2D eigenvalue weighted by molar-refractivity contribution is 7.24. The minimum absolute atomic E-state index is 0.0933. The fourth-order valence-electron chi connectivity index (χ4n) is 6.88. The first kappa shape index (κ1) is 29.4. The molecule has 5 aromatic rings. The molecule has 1 aromatic heterocycles. The summed E-state index contributed by atoms with van der Waals surface area (Å²) >= 11 is 1.67. The number of fused-ring (bicyclic) bond motifs is 2. The lowest BCUT2D eigenvalue weighted by Gasteiger charge is -2.35. The lowest BCUT2D eigenvalue weighted by Crippen LogP contribution is -2.32. The molecule has 5 heteroatoms. The minimum atomic E-state index is -0.929. The van der Waals surface area contributed by atoms with E-state index in [0.717, 1.165) is 69.8 Å². The maximum absolute atomic E-state index is 13.6. The Hall–Kier alpha value is -3.64. The van der Waals surface area contributed by atoms with Crippen molar-refractivity contribution < 1.29 is 15.0 Å². The van der Waals surface area contributed by atoms with Gasteiger partial charge in [-0.05, 0) is 61.1 Å². The van der Waals surface area contributed by atoms with E-state index in [9.17, 15) is 19.8 Å². The summed E-state index contributed by atoms with van der Waals surface area (Å²) in [7, 11) is 0. The van der Waals surface area contributed by atoms with Crippen molar-refractivity contribution in [1.29, 1.82) is 0 Å². The summed E-state index contributed by atoms with van der Waals surface area (Å²) in [6, 6.07) is 30.5. The standard InChI is InChI=1S/C25H30O3.C13H8OS/c26-23(19-11-3-5-13-21(19)24(27)15-7-1-8-16-24)20-12-4-6-14-22(20)25(28)17-9-2-10-18-25;14-13-9-5-1-3-7-11(9)15-12-8-4-2-6-10(12)13/h3-6,11-14,27-28H,1-2,7-10,15-18H2;1-8H. The normalized spacial score (nSPS) is 17.6. The Bertz CT molecular complexity index is 1680. The highest BCUT2D eigenvalue weighted by Gasteiger charge is 2.37. The Morgan fingerprint density at radius 1 is 0.535 bits per heavy atom. The highest BCUT2D eigenvalue weighted by atomic mass is 32.1. The van der Waals surface area contributed by atoms with Crippen molar-refractivity contribution in [3.05, 3.63) is 130 Å². The molecule has 4 aromatic carbocycles. The topological polar surface area (TPSA) is 74.6 Å². The van der Waals surface area contributed by atoms with Gasteiger partial charge >= 0.3 is 0 Å². The molecule has 2 N–H and O–H groups in total. The second-order valence-electron chi connectivity index (χ2n) is 12.0. The lowest BCUT2D eigenvalue weighted by atomic mass is 9.74. The monoisotopic (exact) mass is 590 g/mol. The Balaban J connectivity index is 0.000000183. The average molecular weight is 591 g/mol. The highest BCUT2D eigenvalue weighted by Crippen LogP contribution is 2.41. The van der Waals surface area contributed by atoms with Crippen LogP contribution in [0.3, 0.4) is 0 Å². The van der Waals surface area contributed by atoms with Crippen LogP contribution in [0.2, 0.25) is 0 Å². The molecule has 0 atom stereocenters. The fraction of sp³-hybridized carbons (Fsp3) is 0.316. The molecule has 0 radical (unpaired) electrons. The van der Waals surface area contributed by atoms with E-state index in [1.807, 2.05) is 97.1 Å². The molecule has 0 saturated heterocycles. The summed E-state index contributed by atoms with van der Waals surface area (Å²) in [5.41, 5.74) is 0.898. The lowest BCUT2D eigenvalue weighted by molar-refractivity contribution is -0.00188. The van der Waals surface area contributed by atoms with Crippen LogP contribution in [0.5, 0.6) is 0 Å². The number of carbonyl (C=O) groups is 1. The second-order valence-corrected chi connectivity index (χ2v) is 13.1. The molecule has 4 nitrogen and oxygen atoms in total. The van der Waals surface area contributed by atoms with Gasteiger partial charge < -0.3 is 10.2 Å². The molecule has 2 fully saturated rings. The van der Waals surface area contributed by atoms with Crippen LogP contribution in [0.4, 0.5) is 0 Å². The van der Waals surface area contributed by atoms with Gasteiger partial charge in [0.1, 0.15) is 0 Å². The van der Waals surface area contributed by atoms with Crippen molar-refractivity contribution in [2.24, 2.45) is 0 Å². The third-order valence-corrected chi connectivity index (χ3v) is 10.3. The Morgan fingerprint density at radius 3 is 1.35 bits per heavy atom. The maximum atomic E-state index is 13.6. The van der Waals surface area contributed by atoms with Gasteiger partial charge in [0.2, 0.25) is 0 Å². The third-order valence-electron chi connectivity index (χ3n) is 9.19. The first-order valence-corrected chi connectivity index (χ1v) is 16.3. The van der Waals surface area contributed by atoms with Crippen LogP contribution in [-0.2, 0) is 11.2 Å². The van der Waals surface area contributed by atoms with Crippen molar-refractivity contribution in [1.82, 2.24) is 0 Å². The molecule has 43 heavy (non-hydrogen) atoms. The first-order chi connectivity index (χ1) is 20.9. The Labute approximate surface area is 256 Å². The molecule has 0 aliphatic heterocycles. The summed E-state index contributed by atoms with van der Waals surface area (Å²) in [5, 5.41) is 24.2. The zero-order valence-electron chi connectivity index (χ0n) is 24.4. The number of carbonyl (C=O) groups excluding carboxylic acids is 1. The molecule has 220 valence electrons. The van der Waals surface area contributed by atoms with E-state index in [-0.39, 0.29) is 11.2 Å². The van der Waals surface area contributed by atoms with Crippen LogP contribution in [0.1, 0.15) is 91.3 Å². The number of hydrogen-bond acceptors (Lipinski definition) is 5. The van der Waals surface area contributed by atoms with E-state index in [1.54, 1.807) is 11.3 Å². The summed E-state index contributed by atoms with van der Waals surface area (Å²) in [5.74, 6) is -0.0933. The van der Waals surface area contributed by atoms with Crippen molar-refractivity contribution in [2.75, 3.05) is 0 Å². The van der Waals surface area contributed by atoms with Gasteiger partial charge in [-0.1, -0.05) is 111 Å². The molecular weight excluding hydrogens is 552 g/mol. The number of ketones is 1. The molecule has 2 aliphatic rings. The van der Waals surface area contributed by atoms with E-state index in [0.29, 0.717) is 36.8 Å². The number of benzene rings is 4. The van der Waals surface area contributed by atoms with Gasteiger partial charge in [-0.3, -0.25) is 9.59 Å². The van der Waals surface area contributed by atoms with Gasteiger partial charge in [-0.15, -0.1) is 11.3 Å². The predicted octanol–water partition coefficient (Wildman–Crippen LogP) is 8.64. The minimum Gasteiger partial charge on any atom is -0.385 e. The second kappa shape index (κ2) is 12.5. The van der Waals surface area contributed by atoms with E-state index in [4.69, 9.17) is 0 Å². The molecule has 0 bridgehead atoms. The van der Waals surface area contributed by atoms with Crippen molar-refractivity contribution >= 4 is 37.3 Å². The fourth-order valence-corrected chi connectivity index (χ4v) is 7.95. The van der Waals surface area contributed by atoms with E-state index in [1.165, 1.54) is 0 Å². The van der Waals surface area contributed by atoms with Crippen LogP contribution in [0, 0.1) is 0 Å². The predicted molar refractivity (Wildman–Crippen MR) is 176 cm³/mol. The smallest absolute Gasteiger partial charge is 0.195 e. The molecule has 0 unspecified atom stereocenters. The van der Waals surface area contributed by atoms with Crippen molar-refractivity contribution in [3.8, 4) is 0 Å². The van der Waals surface area contributed by atoms with Crippen molar-refractivity contribution in [3.63, 3.8) is 0 Å². The SMILES string of the molecule is O=C(c1ccccc1C1(O)CCCCC1)c1ccccc1C1(O)CCCCC1.O=c1c2ccccc2sc2ccccc12. The number of rotatable bonds is 4. The van der Waals surface area contributed by atoms with Crippen LogP contribution in [-0.4, -0.2) is 16.0 Å². The Morgan fingerprint density at radius 2 is 0.907 bits per heavy atom. The van der Waals surface area contributed by atoms with Gasteiger partial charge in [0.25, 0.3) is 0 Å². The van der Waals surface area contributed by atoms with Gasteiger partial charge in [0, 0.05) is 31.3 Å². The largest absolute Gasteiger partial charge is 0.385 e.